The normalized spacial score (nSPS) is 18.9. The highest BCUT2D eigenvalue weighted by Crippen LogP contribution is 2.40. The Morgan fingerprint density at radius 2 is 2.10 bits per heavy atom. The predicted molar refractivity (Wildman–Crippen MR) is 141 cm³/mol. The largest absolute Gasteiger partial charge is 0.477 e. The van der Waals surface area contributed by atoms with Crippen molar-refractivity contribution < 1.29 is 33.7 Å². The van der Waals surface area contributed by atoms with E-state index >= 15 is 0 Å². The molecule has 2 aliphatic rings. The monoisotopic (exact) mass is 571 g/mol. The first-order valence-electron chi connectivity index (χ1n) is 11.3. The first-order chi connectivity index (χ1) is 18.7. The molecule has 4 heterocycles. The summed E-state index contributed by atoms with van der Waals surface area (Å²) in [4.78, 5) is 59.4. The summed E-state index contributed by atoms with van der Waals surface area (Å²) in [5.74, 6) is -2.94. The van der Waals surface area contributed by atoms with Gasteiger partial charge in [0.25, 0.3) is 11.8 Å². The lowest BCUT2D eigenvalue weighted by molar-refractivity contribution is -0.687. The molecule has 3 amide bonds. The summed E-state index contributed by atoms with van der Waals surface area (Å²) in [5, 5.41) is 15.7. The molecular formula is C23H23N8O6S2+. The molecule has 14 nitrogen and oxygen atoms in total. The van der Waals surface area contributed by atoms with E-state index in [0.29, 0.717) is 17.7 Å². The Hall–Kier alpha value is -4.57. The van der Waals surface area contributed by atoms with Gasteiger partial charge in [-0.15, -0.1) is 11.8 Å². The molecule has 2 atom stereocenters. The topological polar surface area (TPSA) is 207 Å². The van der Waals surface area contributed by atoms with Crippen molar-refractivity contribution in [1.82, 2.24) is 19.6 Å². The molecule has 6 N–H and O–H groups in total. The van der Waals surface area contributed by atoms with Crippen LogP contribution in [0, 0.1) is 0 Å². The number of aliphatic carboxylic acids is 1. The van der Waals surface area contributed by atoms with Gasteiger partial charge in [-0.3, -0.25) is 19.3 Å². The average molecular weight is 572 g/mol. The van der Waals surface area contributed by atoms with Crippen molar-refractivity contribution in [2.75, 3.05) is 18.1 Å². The van der Waals surface area contributed by atoms with Crippen molar-refractivity contribution in [3.63, 3.8) is 0 Å². The summed E-state index contributed by atoms with van der Waals surface area (Å²) in [5.41, 5.74) is 11.2. The quantitative estimate of drug-likeness (QED) is 0.0673. The van der Waals surface area contributed by atoms with Crippen LogP contribution in [0.15, 0.2) is 65.8 Å². The second kappa shape index (κ2) is 11.9. The fourth-order valence-corrected chi connectivity index (χ4v) is 5.46. The lowest BCUT2D eigenvalue weighted by Gasteiger charge is -2.49. The van der Waals surface area contributed by atoms with Crippen LogP contribution < -0.4 is 21.4 Å². The van der Waals surface area contributed by atoms with Gasteiger partial charge in [-0.05, 0) is 11.6 Å². The number of carboxylic acids is 1. The van der Waals surface area contributed by atoms with Crippen LogP contribution in [-0.4, -0.2) is 72.5 Å². The van der Waals surface area contributed by atoms with E-state index < -0.39 is 35.1 Å². The Balaban J connectivity index is 1.47. The number of nitrogens with zero attached hydrogens (tertiary/aromatic N) is 5. The zero-order chi connectivity index (χ0) is 28.1. The maximum absolute atomic E-state index is 13.0. The number of allylic oxidation sites excluding steroid dienone is 2. The number of rotatable bonds is 11. The smallest absolute Gasteiger partial charge is 0.352 e. The zero-order valence-corrected chi connectivity index (χ0v) is 21.9. The molecule has 1 fully saturated rings. The lowest BCUT2D eigenvalue weighted by Crippen LogP contribution is -2.71. The van der Waals surface area contributed by atoms with Gasteiger partial charge in [-0.25, -0.2) is 9.36 Å². The Bertz CT molecular complexity index is 1420. The molecule has 4 rings (SSSR count). The van der Waals surface area contributed by atoms with Gasteiger partial charge < -0.3 is 26.7 Å². The molecule has 1 saturated heterocycles. The molecule has 0 spiro atoms. The Labute approximate surface area is 229 Å². The minimum Gasteiger partial charge on any atom is -0.477 e. The number of primary amides is 1. The molecule has 16 heteroatoms. The summed E-state index contributed by atoms with van der Waals surface area (Å²) in [6.07, 6.45) is 8.15. The van der Waals surface area contributed by atoms with Crippen molar-refractivity contribution in [2.24, 2.45) is 10.9 Å². The molecule has 0 aromatic carbocycles. The third kappa shape index (κ3) is 5.96. The molecule has 0 saturated carbocycles. The summed E-state index contributed by atoms with van der Waals surface area (Å²) in [7, 11) is 0. The molecule has 2 aromatic rings. The number of anilines is 1. The summed E-state index contributed by atoms with van der Waals surface area (Å²) < 4.78 is 5.74. The third-order valence-corrected chi connectivity index (χ3v) is 7.36. The molecule has 39 heavy (non-hydrogen) atoms. The number of pyridine rings is 1. The molecule has 1 unspecified atom stereocenters. The number of carbonyl (C=O) groups is 4. The van der Waals surface area contributed by atoms with Gasteiger partial charge in [0.15, 0.2) is 24.1 Å². The van der Waals surface area contributed by atoms with Crippen molar-refractivity contribution in [3.8, 4) is 0 Å². The fourth-order valence-electron chi connectivity index (χ4n) is 3.71. The van der Waals surface area contributed by atoms with Crippen molar-refractivity contribution >= 4 is 57.8 Å². The van der Waals surface area contributed by atoms with Crippen LogP contribution in [-0.2, 0) is 25.8 Å². The molecule has 202 valence electrons. The van der Waals surface area contributed by atoms with E-state index in [1.165, 1.54) is 17.8 Å². The van der Waals surface area contributed by atoms with Gasteiger partial charge in [0.05, 0.1) is 5.56 Å². The van der Waals surface area contributed by atoms with Crippen LogP contribution in [0.3, 0.4) is 0 Å². The van der Waals surface area contributed by atoms with Crippen molar-refractivity contribution in [3.05, 3.63) is 72.0 Å². The standard InChI is InChI=1S/C23H22N8O6S2/c1-2-10-37-28-14(18-27-23(25)39-29-18)19(33)26-15-20(34)31-16(22(35)36)13(11-38-21(15)31)4-3-7-30-8-5-12(6-9-30)17(24)32/h2-6,8-9,15,21H,1,7,10-11H2,(H5-,24,25,26,27,29,32,33,35,36)/p+1/t15?,21-/m0/s1. The van der Waals surface area contributed by atoms with Gasteiger partial charge >= 0.3 is 5.97 Å². The van der Waals surface area contributed by atoms with Crippen molar-refractivity contribution in [2.45, 2.75) is 18.0 Å². The number of nitrogens with two attached hydrogens (primary N) is 2. The number of aromatic nitrogens is 3. The number of nitrogen functional groups attached to an aromatic ring is 1. The third-order valence-electron chi connectivity index (χ3n) is 5.51. The second-order valence-electron chi connectivity index (χ2n) is 8.07. The first-order valence-corrected chi connectivity index (χ1v) is 13.1. The average Bonchev–Trinajstić information content (AvgIpc) is 3.35. The summed E-state index contributed by atoms with van der Waals surface area (Å²) in [6, 6.07) is 2.16. The van der Waals surface area contributed by atoms with E-state index in [0.717, 1.165) is 16.4 Å². The molecule has 2 aliphatic heterocycles. The lowest BCUT2D eigenvalue weighted by atomic mass is 10.0. The van der Waals surface area contributed by atoms with Crippen LogP contribution in [0.2, 0.25) is 0 Å². The molecule has 0 aliphatic carbocycles. The number of amides is 3. The number of β-lactam (4-membered cyclic amide) rings is 1. The zero-order valence-electron chi connectivity index (χ0n) is 20.2. The number of carbonyl (C=O) groups excluding carboxylic acids is 3. The molecule has 0 radical (unpaired) electrons. The molecular weight excluding hydrogens is 548 g/mol. The highest BCUT2D eigenvalue weighted by atomic mass is 32.2. The number of oxime groups is 1. The molecule has 2 aromatic heterocycles. The van der Waals surface area contributed by atoms with E-state index in [1.54, 1.807) is 41.2 Å². The van der Waals surface area contributed by atoms with Gasteiger partial charge in [0.1, 0.15) is 23.7 Å². The van der Waals surface area contributed by atoms with Crippen LogP contribution in [0.25, 0.3) is 0 Å². The SMILES string of the molecule is C=CCON=C(C(=O)NC1C(=O)N2C(C(=O)O)=C(C=CC[n+]3ccc(C(N)=O)cc3)CS[C@@H]12)c1nsc(N)n1. The Kier molecular flexibility index (Phi) is 8.36. The summed E-state index contributed by atoms with van der Waals surface area (Å²) >= 11 is 2.17. The van der Waals surface area contributed by atoms with Gasteiger partial charge in [-0.2, -0.15) is 9.36 Å². The number of carboxylic acid groups (broad SMARTS) is 1. The van der Waals surface area contributed by atoms with E-state index in [4.69, 9.17) is 16.3 Å². The highest BCUT2D eigenvalue weighted by molar-refractivity contribution is 8.00. The number of nitrogens with one attached hydrogen (secondary N) is 1. The van der Waals surface area contributed by atoms with E-state index in [2.05, 4.69) is 26.4 Å². The van der Waals surface area contributed by atoms with E-state index in [1.807, 2.05) is 0 Å². The second-order valence-corrected chi connectivity index (χ2v) is 9.96. The van der Waals surface area contributed by atoms with Gasteiger partial charge in [0.2, 0.25) is 17.4 Å². The minimum absolute atomic E-state index is 0.0191. The molecule has 0 bridgehead atoms. The van der Waals surface area contributed by atoms with E-state index in [-0.39, 0.29) is 34.7 Å². The minimum atomic E-state index is -1.27. The fraction of sp³-hybridized carbons (Fsp3) is 0.217. The van der Waals surface area contributed by atoms with Crippen LogP contribution in [0.5, 0.6) is 0 Å². The van der Waals surface area contributed by atoms with Crippen LogP contribution >= 0.6 is 23.3 Å². The van der Waals surface area contributed by atoms with E-state index in [9.17, 15) is 24.3 Å². The van der Waals surface area contributed by atoms with Gasteiger partial charge in [-0.1, -0.05) is 23.9 Å². The number of hydrogen-bond donors (Lipinski definition) is 4. The van der Waals surface area contributed by atoms with Crippen LogP contribution in [0.4, 0.5) is 5.13 Å². The van der Waals surface area contributed by atoms with Crippen molar-refractivity contribution in [1.29, 1.82) is 0 Å². The first kappa shape index (κ1) is 27.5. The number of hydrogen-bond acceptors (Lipinski definition) is 11. The number of thioether (sulfide) groups is 1. The number of fused-ring (bicyclic) bond motifs is 1. The van der Waals surface area contributed by atoms with Crippen LogP contribution in [0.1, 0.15) is 16.2 Å². The summed E-state index contributed by atoms with van der Waals surface area (Å²) in [6.45, 7) is 3.91. The maximum Gasteiger partial charge on any atom is 0.352 e. The maximum atomic E-state index is 13.0. The Morgan fingerprint density at radius 3 is 2.72 bits per heavy atom. The van der Waals surface area contributed by atoms with Gasteiger partial charge in [0, 0.05) is 29.4 Å². The predicted octanol–water partition coefficient (Wildman–Crippen LogP) is -0.592. The Morgan fingerprint density at radius 1 is 1.36 bits per heavy atom. The highest BCUT2D eigenvalue weighted by Gasteiger charge is 2.54.